The zero-order chi connectivity index (χ0) is 18.5. The van der Waals surface area contributed by atoms with Crippen molar-refractivity contribution in [2.24, 2.45) is 22.7 Å². The van der Waals surface area contributed by atoms with Crippen LogP contribution in [0.2, 0.25) is 0 Å². The molecule has 0 aromatic carbocycles. The van der Waals surface area contributed by atoms with Crippen LogP contribution in [0.5, 0.6) is 0 Å². The molecule has 25 heavy (non-hydrogen) atoms. The highest BCUT2D eigenvalue weighted by Gasteiger charge is 2.72. The molecule has 4 nitrogen and oxygen atoms in total. The van der Waals surface area contributed by atoms with E-state index in [4.69, 9.17) is 0 Å². The van der Waals surface area contributed by atoms with Crippen LogP contribution in [0.4, 0.5) is 0 Å². The van der Waals surface area contributed by atoms with Crippen molar-refractivity contribution in [3.8, 4) is 0 Å². The first-order valence-corrected chi connectivity index (χ1v) is 10.2. The lowest BCUT2D eigenvalue weighted by molar-refractivity contribution is -0.274. The predicted octanol–water partition coefficient (Wildman–Crippen LogP) is 2.76. The van der Waals surface area contributed by atoms with Crippen LogP contribution in [0.25, 0.3) is 0 Å². The summed E-state index contributed by atoms with van der Waals surface area (Å²) in [7, 11) is 0. The summed E-state index contributed by atoms with van der Waals surface area (Å²) in [5.41, 5.74) is -4.03. The average Bonchev–Trinajstić information content (AvgIpc) is 2.68. The van der Waals surface area contributed by atoms with E-state index >= 15 is 0 Å². The fraction of sp³-hybridized carbons (Fsp3) is 1.00. The Hall–Kier alpha value is -0.160. The van der Waals surface area contributed by atoms with Gasteiger partial charge in [0.25, 0.3) is 0 Å². The first-order valence-electron chi connectivity index (χ1n) is 10.2. The topological polar surface area (TPSA) is 80.9 Å². The number of hydrogen-bond acceptors (Lipinski definition) is 4. The van der Waals surface area contributed by atoms with Crippen LogP contribution >= 0.6 is 0 Å². The zero-order valence-corrected chi connectivity index (χ0v) is 16.3. The van der Waals surface area contributed by atoms with Gasteiger partial charge in [0.05, 0.1) is 22.4 Å². The summed E-state index contributed by atoms with van der Waals surface area (Å²) in [6, 6.07) is 0. The van der Waals surface area contributed by atoms with Gasteiger partial charge in [-0.05, 0) is 82.5 Å². The summed E-state index contributed by atoms with van der Waals surface area (Å²) in [6.07, 6.45) is 6.44. The Balaban J connectivity index is 1.73. The standard InChI is InChI=1S/C21H36O4/c1-16(22)9-10-17(2)14-5-7-18(3)19(4,23)11-12-21(18,25)15(14)6-8-20(17,24)13-16/h14-15,22-25H,5-13H2,1-4H3/t14-,15+,16-,17+,18+,19-,20-,21-/m0/s1. The highest BCUT2D eigenvalue weighted by Crippen LogP contribution is 2.70. The quantitative estimate of drug-likeness (QED) is 0.540. The van der Waals surface area contributed by atoms with Crippen molar-refractivity contribution >= 4 is 0 Å². The zero-order valence-electron chi connectivity index (χ0n) is 16.3. The van der Waals surface area contributed by atoms with E-state index < -0.39 is 27.8 Å². The van der Waals surface area contributed by atoms with Crippen LogP contribution in [-0.4, -0.2) is 42.8 Å². The van der Waals surface area contributed by atoms with Crippen LogP contribution < -0.4 is 0 Å². The molecule has 0 unspecified atom stereocenters. The molecule has 0 aliphatic heterocycles. The molecule has 0 spiro atoms. The average molecular weight is 353 g/mol. The number of rotatable bonds is 0. The van der Waals surface area contributed by atoms with Gasteiger partial charge in [0.1, 0.15) is 0 Å². The van der Waals surface area contributed by atoms with E-state index in [1.165, 1.54) is 0 Å². The molecule has 4 aliphatic rings. The maximum Gasteiger partial charge on any atom is 0.0760 e. The van der Waals surface area contributed by atoms with E-state index in [0.717, 1.165) is 25.7 Å². The molecule has 0 bridgehead atoms. The van der Waals surface area contributed by atoms with Gasteiger partial charge in [-0.2, -0.15) is 0 Å². The summed E-state index contributed by atoms with van der Waals surface area (Å²) in [4.78, 5) is 0. The Morgan fingerprint density at radius 1 is 0.680 bits per heavy atom. The molecule has 8 atom stereocenters. The largest absolute Gasteiger partial charge is 0.390 e. The van der Waals surface area contributed by atoms with Gasteiger partial charge in [-0.1, -0.05) is 13.8 Å². The lowest BCUT2D eigenvalue weighted by Gasteiger charge is -2.67. The lowest BCUT2D eigenvalue weighted by Crippen LogP contribution is -2.69. The van der Waals surface area contributed by atoms with Gasteiger partial charge in [-0.25, -0.2) is 0 Å². The second-order valence-corrected chi connectivity index (χ2v) is 10.9. The Morgan fingerprint density at radius 3 is 2.00 bits per heavy atom. The highest BCUT2D eigenvalue weighted by atomic mass is 16.3. The van der Waals surface area contributed by atoms with E-state index in [0.29, 0.717) is 32.1 Å². The van der Waals surface area contributed by atoms with Gasteiger partial charge >= 0.3 is 0 Å². The summed E-state index contributed by atoms with van der Waals surface area (Å²) in [5.74, 6) is 0.392. The molecule has 0 amide bonds. The molecule has 4 saturated carbocycles. The Labute approximate surface area is 151 Å². The Morgan fingerprint density at radius 2 is 1.32 bits per heavy atom. The Bertz CT molecular complexity index is 586. The Kier molecular flexibility index (Phi) is 3.51. The fourth-order valence-corrected chi connectivity index (χ4v) is 7.69. The minimum Gasteiger partial charge on any atom is -0.390 e. The number of hydrogen-bond donors (Lipinski definition) is 4. The van der Waals surface area contributed by atoms with Crippen molar-refractivity contribution in [2.45, 2.75) is 108 Å². The molecule has 0 heterocycles. The molecule has 144 valence electrons. The molecular formula is C21H36O4. The van der Waals surface area contributed by atoms with E-state index in [1.807, 2.05) is 13.8 Å². The summed E-state index contributed by atoms with van der Waals surface area (Å²) >= 11 is 0. The van der Waals surface area contributed by atoms with Crippen molar-refractivity contribution in [3.05, 3.63) is 0 Å². The van der Waals surface area contributed by atoms with Gasteiger partial charge in [-0.3, -0.25) is 0 Å². The van der Waals surface area contributed by atoms with Crippen LogP contribution in [0.15, 0.2) is 0 Å². The SMILES string of the molecule is C[C@]1(O)CC[C@]2(C)[C@H]3CC[C@]4(C)[C@@](C)(O)CC[C@]4(O)[C@@H]3CC[C@]2(O)C1. The van der Waals surface area contributed by atoms with E-state index in [9.17, 15) is 20.4 Å². The minimum absolute atomic E-state index is 0.133. The third-order valence-corrected chi connectivity index (χ3v) is 9.80. The van der Waals surface area contributed by atoms with Crippen molar-refractivity contribution in [3.63, 3.8) is 0 Å². The molecule has 4 rings (SSSR count). The third kappa shape index (κ3) is 2.03. The van der Waals surface area contributed by atoms with E-state index in [1.54, 1.807) is 0 Å². The molecule has 0 aromatic rings. The second kappa shape index (κ2) is 4.81. The molecule has 4 fully saturated rings. The van der Waals surface area contributed by atoms with Gasteiger partial charge < -0.3 is 20.4 Å². The van der Waals surface area contributed by atoms with E-state index in [-0.39, 0.29) is 17.3 Å². The van der Waals surface area contributed by atoms with Crippen molar-refractivity contribution in [2.75, 3.05) is 0 Å². The summed E-state index contributed by atoms with van der Waals surface area (Å²) in [6.45, 7) is 8.00. The fourth-order valence-electron chi connectivity index (χ4n) is 7.69. The smallest absolute Gasteiger partial charge is 0.0760 e. The van der Waals surface area contributed by atoms with Crippen LogP contribution in [0, 0.1) is 22.7 Å². The van der Waals surface area contributed by atoms with Gasteiger partial charge in [0.2, 0.25) is 0 Å². The van der Waals surface area contributed by atoms with Crippen molar-refractivity contribution in [1.82, 2.24) is 0 Å². The molecule has 0 saturated heterocycles. The third-order valence-electron chi connectivity index (χ3n) is 9.80. The predicted molar refractivity (Wildman–Crippen MR) is 95.9 cm³/mol. The summed E-state index contributed by atoms with van der Waals surface area (Å²) in [5, 5.41) is 44.9. The first kappa shape index (κ1) is 18.2. The monoisotopic (exact) mass is 352 g/mol. The molecule has 4 N–H and O–H groups in total. The second-order valence-electron chi connectivity index (χ2n) is 10.9. The van der Waals surface area contributed by atoms with Crippen LogP contribution in [-0.2, 0) is 0 Å². The van der Waals surface area contributed by atoms with Crippen molar-refractivity contribution in [1.29, 1.82) is 0 Å². The molecule has 4 aliphatic carbocycles. The number of fused-ring (bicyclic) bond motifs is 5. The van der Waals surface area contributed by atoms with Crippen LogP contribution in [0.3, 0.4) is 0 Å². The summed E-state index contributed by atoms with van der Waals surface area (Å²) < 4.78 is 0. The van der Waals surface area contributed by atoms with Gasteiger partial charge in [0.15, 0.2) is 0 Å². The van der Waals surface area contributed by atoms with Gasteiger partial charge in [-0.15, -0.1) is 0 Å². The maximum absolute atomic E-state index is 11.8. The molecule has 0 aromatic heterocycles. The highest BCUT2D eigenvalue weighted by molar-refractivity contribution is 5.23. The van der Waals surface area contributed by atoms with Crippen molar-refractivity contribution < 1.29 is 20.4 Å². The number of aliphatic hydroxyl groups is 4. The van der Waals surface area contributed by atoms with E-state index in [2.05, 4.69) is 13.8 Å². The van der Waals surface area contributed by atoms with Crippen LogP contribution in [0.1, 0.15) is 85.5 Å². The first-order chi connectivity index (χ1) is 11.3. The minimum atomic E-state index is -0.846. The maximum atomic E-state index is 11.8. The van der Waals surface area contributed by atoms with Gasteiger partial charge in [0, 0.05) is 11.8 Å². The molecular weight excluding hydrogens is 316 g/mol. The lowest BCUT2D eigenvalue weighted by atomic mass is 9.41. The molecule has 4 heteroatoms. The molecule has 0 radical (unpaired) electrons. The normalized spacial score (nSPS) is 64.3.